The van der Waals surface area contributed by atoms with Gasteiger partial charge in [-0.15, -0.1) is 0 Å². The van der Waals surface area contributed by atoms with E-state index in [2.05, 4.69) is 10.6 Å². The lowest BCUT2D eigenvalue weighted by atomic mass is 9.92. The van der Waals surface area contributed by atoms with Gasteiger partial charge in [0.1, 0.15) is 5.82 Å². The fourth-order valence-corrected chi connectivity index (χ4v) is 4.95. The van der Waals surface area contributed by atoms with Crippen molar-refractivity contribution in [1.29, 1.82) is 0 Å². The van der Waals surface area contributed by atoms with Crippen molar-refractivity contribution in [1.82, 2.24) is 14.7 Å². The number of carbonyl (C=O) groups excluding carboxylic acids is 3. The van der Waals surface area contributed by atoms with E-state index in [1.807, 2.05) is 51.1 Å². The molecule has 11 heteroatoms. The van der Waals surface area contributed by atoms with Crippen LogP contribution < -0.4 is 10.6 Å². The molecule has 0 aliphatic carbocycles. The minimum Gasteiger partial charge on any atom is -0.466 e. The van der Waals surface area contributed by atoms with Crippen molar-refractivity contribution in [3.63, 3.8) is 0 Å². The number of aromatic nitrogens is 2. The number of hydrogen-bond donors (Lipinski definition) is 2. The number of urea groups is 1. The van der Waals surface area contributed by atoms with Crippen LogP contribution in [0.15, 0.2) is 48.5 Å². The standard InChI is InChI=1S/C30H35Cl2N5O4/c1-5-41-28(39)20-8-7-15-36(18-20)26(38)16-19-11-13-21(14-12-19)37-25(17-24(35-37)30(2,3)4)34-29(40)33-23-10-6-9-22(31)27(23)32/h6,9-14,17,20H,5,7-8,15-16,18H2,1-4H3,(H2,33,34,40). The smallest absolute Gasteiger partial charge is 0.324 e. The Hall–Kier alpha value is -3.56. The fourth-order valence-electron chi connectivity index (χ4n) is 4.60. The number of benzene rings is 2. The Morgan fingerprint density at radius 1 is 1.07 bits per heavy atom. The third-order valence-electron chi connectivity index (χ3n) is 6.85. The summed E-state index contributed by atoms with van der Waals surface area (Å²) in [4.78, 5) is 39.8. The third kappa shape index (κ3) is 7.59. The van der Waals surface area contributed by atoms with Crippen LogP contribution >= 0.6 is 23.2 Å². The van der Waals surface area contributed by atoms with Gasteiger partial charge < -0.3 is 15.0 Å². The number of anilines is 2. The second-order valence-corrected chi connectivity index (χ2v) is 11.8. The van der Waals surface area contributed by atoms with Crippen LogP contribution in [0.1, 0.15) is 51.8 Å². The van der Waals surface area contributed by atoms with Crippen molar-refractivity contribution in [2.45, 2.75) is 52.4 Å². The predicted molar refractivity (Wildman–Crippen MR) is 161 cm³/mol. The molecule has 3 aromatic rings. The zero-order chi connectivity index (χ0) is 29.7. The van der Waals surface area contributed by atoms with E-state index in [1.54, 1.807) is 34.7 Å². The quantitative estimate of drug-likeness (QED) is 0.303. The number of nitrogens with one attached hydrogen (secondary N) is 2. The Morgan fingerprint density at radius 2 is 1.80 bits per heavy atom. The van der Waals surface area contributed by atoms with Gasteiger partial charge in [0, 0.05) is 24.6 Å². The van der Waals surface area contributed by atoms with Gasteiger partial charge in [0.2, 0.25) is 5.91 Å². The van der Waals surface area contributed by atoms with Crippen LogP contribution in [0.25, 0.3) is 5.69 Å². The molecule has 1 aromatic heterocycles. The highest BCUT2D eigenvalue weighted by molar-refractivity contribution is 6.44. The van der Waals surface area contributed by atoms with E-state index in [-0.39, 0.29) is 34.7 Å². The Bertz CT molecular complexity index is 1420. The van der Waals surface area contributed by atoms with Crippen LogP contribution in [0, 0.1) is 5.92 Å². The molecule has 1 fully saturated rings. The van der Waals surface area contributed by atoms with E-state index in [0.717, 1.165) is 24.1 Å². The number of halogens is 2. The van der Waals surface area contributed by atoms with E-state index in [1.165, 1.54) is 0 Å². The number of piperidine rings is 1. The van der Waals surface area contributed by atoms with Gasteiger partial charge in [-0.25, -0.2) is 9.48 Å². The van der Waals surface area contributed by atoms with Crippen LogP contribution in [0.4, 0.5) is 16.3 Å². The van der Waals surface area contributed by atoms with Crippen molar-refractivity contribution in [2.75, 3.05) is 30.3 Å². The number of hydrogen-bond acceptors (Lipinski definition) is 5. The highest BCUT2D eigenvalue weighted by atomic mass is 35.5. The minimum atomic E-state index is -0.499. The van der Waals surface area contributed by atoms with Gasteiger partial charge in [0.05, 0.1) is 46.1 Å². The molecule has 3 amide bonds. The minimum absolute atomic E-state index is 0.0282. The fraction of sp³-hybridized carbons (Fsp3) is 0.400. The number of esters is 1. The monoisotopic (exact) mass is 599 g/mol. The van der Waals surface area contributed by atoms with Crippen molar-refractivity contribution in [3.05, 3.63) is 69.8 Å². The van der Waals surface area contributed by atoms with Crippen molar-refractivity contribution >= 4 is 52.6 Å². The van der Waals surface area contributed by atoms with Gasteiger partial charge in [0.25, 0.3) is 0 Å². The van der Waals surface area contributed by atoms with Gasteiger partial charge in [-0.1, -0.05) is 62.2 Å². The predicted octanol–water partition coefficient (Wildman–Crippen LogP) is 6.46. The van der Waals surface area contributed by atoms with E-state index in [9.17, 15) is 14.4 Å². The summed E-state index contributed by atoms with van der Waals surface area (Å²) in [5.41, 5.74) is 2.46. The average Bonchev–Trinajstić information content (AvgIpc) is 3.36. The van der Waals surface area contributed by atoms with E-state index >= 15 is 0 Å². The molecule has 0 spiro atoms. The lowest BCUT2D eigenvalue weighted by Crippen LogP contribution is -2.43. The SMILES string of the molecule is CCOC(=O)C1CCCN(C(=O)Cc2ccc(-n3nc(C(C)(C)C)cc3NC(=O)Nc3cccc(Cl)c3Cl)cc2)C1. The van der Waals surface area contributed by atoms with Crippen molar-refractivity contribution < 1.29 is 19.1 Å². The molecule has 1 atom stereocenters. The van der Waals surface area contributed by atoms with Crippen LogP contribution in [0.3, 0.4) is 0 Å². The molecule has 1 aliphatic rings. The number of amides is 3. The summed E-state index contributed by atoms with van der Waals surface area (Å²) in [6.07, 6.45) is 1.73. The summed E-state index contributed by atoms with van der Waals surface area (Å²) in [5, 5.41) is 10.9. The number of likely N-dealkylation sites (tertiary alicyclic amines) is 1. The topological polar surface area (TPSA) is 106 Å². The average molecular weight is 601 g/mol. The molecule has 0 radical (unpaired) electrons. The lowest BCUT2D eigenvalue weighted by molar-refractivity contribution is -0.151. The highest BCUT2D eigenvalue weighted by Crippen LogP contribution is 2.30. The summed E-state index contributed by atoms with van der Waals surface area (Å²) in [6, 6.07) is 13.8. The maximum atomic E-state index is 13.0. The number of carbonyl (C=O) groups is 3. The maximum Gasteiger partial charge on any atom is 0.324 e. The Morgan fingerprint density at radius 3 is 2.49 bits per heavy atom. The molecule has 2 aromatic carbocycles. The highest BCUT2D eigenvalue weighted by Gasteiger charge is 2.29. The first-order chi connectivity index (χ1) is 19.5. The van der Waals surface area contributed by atoms with Gasteiger partial charge in [-0.2, -0.15) is 5.10 Å². The Kier molecular flexibility index (Phi) is 9.60. The van der Waals surface area contributed by atoms with E-state index in [0.29, 0.717) is 41.9 Å². The molecule has 1 aliphatic heterocycles. The summed E-state index contributed by atoms with van der Waals surface area (Å²) in [6.45, 7) is 9.25. The van der Waals surface area contributed by atoms with Gasteiger partial charge >= 0.3 is 12.0 Å². The summed E-state index contributed by atoms with van der Waals surface area (Å²) in [5.74, 6) is -0.0749. The summed E-state index contributed by atoms with van der Waals surface area (Å²) < 4.78 is 6.80. The molecule has 0 bridgehead atoms. The van der Waals surface area contributed by atoms with Crippen LogP contribution in [-0.2, 0) is 26.2 Å². The Labute approximate surface area is 250 Å². The first kappa shape index (κ1) is 30.4. The summed E-state index contributed by atoms with van der Waals surface area (Å²) >= 11 is 12.3. The van der Waals surface area contributed by atoms with Gasteiger partial charge in [0.15, 0.2) is 0 Å². The van der Waals surface area contributed by atoms with Gasteiger partial charge in [-0.3, -0.25) is 14.9 Å². The molecule has 9 nitrogen and oxygen atoms in total. The number of ether oxygens (including phenoxy) is 1. The maximum absolute atomic E-state index is 13.0. The first-order valence-electron chi connectivity index (χ1n) is 13.6. The molecule has 1 saturated heterocycles. The first-order valence-corrected chi connectivity index (χ1v) is 14.4. The molecule has 41 heavy (non-hydrogen) atoms. The zero-order valence-corrected chi connectivity index (χ0v) is 25.2. The third-order valence-corrected chi connectivity index (χ3v) is 7.67. The van der Waals surface area contributed by atoms with Crippen LogP contribution in [0.5, 0.6) is 0 Å². The molecular formula is C30H35Cl2N5O4. The molecular weight excluding hydrogens is 565 g/mol. The number of nitrogens with zero attached hydrogens (tertiary/aromatic N) is 3. The van der Waals surface area contributed by atoms with Gasteiger partial charge in [-0.05, 0) is 49.6 Å². The molecule has 2 heterocycles. The Balaban J connectivity index is 1.48. The second kappa shape index (κ2) is 13.0. The molecule has 4 rings (SSSR count). The second-order valence-electron chi connectivity index (χ2n) is 11.0. The molecule has 218 valence electrons. The van der Waals surface area contributed by atoms with E-state index in [4.69, 9.17) is 33.0 Å². The molecule has 2 N–H and O–H groups in total. The normalized spacial score (nSPS) is 15.4. The van der Waals surface area contributed by atoms with E-state index < -0.39 is 6.03 Å². The van der Waals surface area contributed by atoms with Crippen molar-refractivity contribution in [3.8, 4) is 5.69 Å². The van der Waals surface area contributed by atoms with Crippen molar-refractivity contribution in [2.24, 2.45) is 5.92 Å². The zero-order valence-electron chi connectivity index (χ0n) is 23.7. The molecule has 1 unspecified atom stereocenters. The lowest BCUT2D eigenvalue weighted by Gasteiger charge is -2.31. The number of rotatable bonds is 7. The molecule has 0 saturated carbocycles. The summed E-state index contributed by atoms with van der Waals surface area (Å²) in [7, 11) is 0. The van der Waals surface area contributed by atoms with Crippen LogP contribution in [-0.4, -0.2) is 52.3 Å². The van der Waals surface area contributed by atoms with Crippen LogP contribution in [0.2, 0.25) is 10.0 Å². The largest absolute Gasteiger partial charge is 0.466 e.